The quantitative estimate of drug-likeness (QED) is 0.0281. The van der Waals surface area contributed by atoms with Gasteiger partial charge in [-0.15, -0.1) is 5.06 Å². The second-order valence-electron chi connectivity index (χ2n) is 15.0. The number of hydrogen-bond acceptors (Lipinski definition) is 14. The van der Waals surface area contributed by atoms with Crippen molar-refractivity contribution in [1.29, 1.82) is 0 Å². The van der Waals surface area contributed by atoms with Crippen LogP contribution >= 0.6 is 0 Å². The lowest BCUT2D eigenvalue weighted by atomic mass is 10.00. The Labute approximate surface area is 373 Å². The summed E-state index contributed by atoms with van der Waals surface area (Å²) in [5.41, 5.74) is 1.67. The van der Waals surface area contributed by atoms with Gasteiger partial charge < -0.3 is 28.5 Å². The highest BCUT2D eigenvalue weighted by Crippen LogP contribution is 2.33. The first-order valence-corrected chi connectivity index (χ1v) is 24.2. The van der Waals surface area contributed by atoms with Crippen molar-refractivity contribution in [3.8, 4) is 11.5 Å². The first-order chi connectivity index (χ1) is 30.6. The Bertz CT molecular complexity index is 2480. The molecule has 1 fully saturated rings. The van der Waals surface area contributed by atoms with Crippen LogP contribution in [0.3, 0.4) is 0 Å². The van der Waals surface area contributed by atoms with Gasteiger partial charge in [0.1, 0.15) is 24.7 Å². The van der Waals surface area contributed by atoms with Gasteiger partial charge in [-0.05, 0) is 62.6 Å². The normalized spacial score (nSPS) is 13.2. The standard InChI is InChI=1S/C44H55N3O15S2/c1-4-22-58-25-27-60-33-12-16-38-36(30-33)43(37-31-34(61-28-26-59-24-23-57-3)13-17-39(37)45(38)20-8-29-63(52,53)54)44(51)46(64(55,56)35-14-10-32(2)11-15-35)21-7-5-6-9-42(50)62-47-40(48)18-19-41(47)49/h10-17,30-31H,4-9,18-29H2,1-3H3/p+1. The van der Waals surface area contributed by atoms with Gasteiger partial charge in [-0.2, -0.15) is 13.0 Å². The summed E-state index contributed by atoms with van der Waals surface area (Å²) in [6, 6.07) is 16.1. The first kappa shape index (κ1) is 49.8. The monoisotopic (exact) mass is 930 g/mol. The van der Waals surface area contributed by atoms with E-state index in [0.717, 1.165) is 16.3 Å². The van der Waals surface area contributed by atoms with Crippen LogP contribution in [0.5, 0.6) is 11.5 Å². The number of amides is 3. The molecule has 1 aliphatic rings. The maximum Gasteiger partial charge on any atom is 0.333 e. The Kier molecular flexibility index (Phi) is 18.4. The minimum absolute atomic E-state index is 0.00278. The van der Waals surface area contributed by atoms with Crippen molar-refractivity contribution in [3.05, 3.63) is 71.8 Å². The van der Waals surface area contributed by atoms with Crippen molar-refractivity contribution in [2.75, 3.05) is 65.7 Å². The smallest absolute Gasteiger partial charge is 0.333 e. The van der Waals surface area contributed by atoms with Crippen LogP contribution in [-0.4, -0.2) is 120 Å². The van der Waals surface area contributed by atoms with Crippen LogP contribution in [0.15, 0.2) is 65.6 Å². The second kappa shape index (κ2) is 23.6. The number of aromatic nitrogens is 1. The summed E-state index contributed by atoms with van der Waals surface area (Å²) in [7, 11) is -7.31. The van der Waals surface area contributed by atoms with E-state index >= 15 is 4.79 Å². The summed E-state index contributed by atoms with van der Waals surface area (Å²) >= 11 is 0. The third-order valence-corrected chi connectivity index (χ3v) is 12.7. The van der Waals surface area contributed by atoms with E-state index in [1.807, 2.05) is 6.92 Å². The fourth-order valence-corrected chi connectivity index (χ4v) is 8.87. The molecule has 1 aliphatic heterocycles. The van der Waals surface area contributed by atoms with Gasteiger partial charge in [0.25, 0.3) is 37.9 Å². The number of imide groups is 1. The summed E-state index contributed by atoms with van der Waals surface area (Å²) < 4.78 is 93.4. The Morgan fingerprint density at radius 1 is 0.750 bits per heavy atom. The van der Waals surface area contributed by atoms with Crippen LogP contribution in [0.25, 0.3) is 21.8 Å². The number of hydroxylamine groups is 2. The minimum atomic E-state index is -4.54. The largest absolute Gasteiger partial charge is 0.491 e. The maximum atomic E-state index is 15.4. The number of pyridine rings is 1. The van der Waals surface area contributed by atoms with Crippen LogP contribution in [0.4, 0.5) is 0 Å². The number of carbonyl (C=O) groups is 4. The molecule has 1 N–H and O–H groups in total. The minimum Gasteiger partial charge on any atom is -0.491 e. The topological polar surface area (TPSA) is 223 Å². The zero-order valence-corrected chi connectivity index (χ0v) is 38.0. The summed E-state index contributed by atoms with van der Waals surface area (Å²) in [5, 5.41) is 1.03. The average Bonchev–Trinajstić information content (AvgIpc) is 3.57. The maximum absolute atomic E-state index is 15.4. The van der Waals surface area contributed by atoms with Crippen molar-refractivity contribution in [2.45, 2.75) is 76.7 Å². The molecule has 3 amide bonds. The lowest BCUT2D eigenvalue weighted by molar-refractivity contribution is -0.645. The predicted molar refractivity (Wildman–Crippen MR) is 233 cm³/mol. The summed E-state index contributed by atoms with van der Waals surface area (Å²) in [5.74, 6) is -2.75. The zero-order valence-electron chi connectivity index (χ0n) is 36.3. The molecule has 2 heterocycles. The molecular formula is C44H56N3O15S2+. The van der Waals surface area contributed by atoms with Gasteiger partial charge in [0.15, 0.2) is 6.54 Å². The predicted octanol–water partition coefficient (Wildman–Crippen LogP) is 4.71. The molecule has 0 bridgehead atoms. The van der Waals surface area contributed by atoms with E-state index in [1.54, 1.807) is 67.1 Å². The molecule has 0 spiro atoms. The molecule has 0 saturated carbocycles. The Morgan fingerprint density at radius 3 is 1.89 bits per heavy atom. The van der Waals surface area contributed by atoms with Crippen LogP contribution in [0.2, 0.25) is 0 Å². The van der Waals surface area contributed by atoms with Crippen molar-refractivity contribution in [2.24, 2.45) is 0 Å². The number of fused-ring (bicyclic) bond motifs is 2. The van der Waals surface area contributed by atoms with Gasteiger partial charge in [0.2, 0.25) is 11.0 Å². The third kappa shape index (κ3) is 13.6. The van der Waals surface area contributed by atoms with Gasteiger partial charge >= 0.3 is 5.97 Å². The number of nitrogens with zero attached hydrogens (tertiary/aromatic N) is 3. The SMILES string of the molecule is CCCOCCOc1ccc2c(c1)c(C(=O)N(CCCCCC(=O)ON1C(=O)CCC1=O)S(=O)(=O)c1ccc(C)cc1)c1cc(OCCOCCOC)ccc1[n+]2CCCS(=O)(=O)O. The number of rotatable bonds is 27. The van der Waals surface area contributed by atoms with Crippen LogP contribution in [0, 0.1) is 6.92 Å². The highest BCUT2D eigenvalue weighted by Gasteiger charge is 2.36. The van der Waals surface area contributed by atoms with E-state index < -0.39 is 49.6 Å². The molecule has 0 unspecified atom stereocenters. The number of carbonyl (C=O) groups excluding carboxylic acids is 4. The van der Waals surface area contributed by atoms with Gasteiger partial charge in [0.05, 0.1) is 53.4 Å². The van der Waals surface area contributed by atoms with Crippen LogP contribution in [-0.2, 0) is 60.1 Å². The van der Waals surface area contributed by atoms with E-state index in [9.17, 15) is 35.8 Å². The Hall–Kier alpha value is -5.25. The lowest BCUT2D eigenvalue weighted by Crippen LogP contribution is -2.40. The Balaban J connectivity index is 1.59. The first-order valence-electron chi connectivity index (χ1n) is 21.1. The third-order valence-electron chi connectivity index (χ3n) is 10.1. The highest BCUT2D eigenvalue weighted by molar-refractivity contribution is 7.89. The summed E-state index contributed by atoms with van der Waals surface area (Å²) in [6.45, 7) is 5.63. The van der Waals surface area contributed by atoms with Gasteiger partial charge in [-0.1, -0.05) is 31.0 Å². The molecule has 5 rings (SSSR count). The van der Waals surface area contributed by atoms with E-state index in [1.165, 1.54) is 12.1 Å². The number of unbranched alkanes of at least 4 members (excludes halogenated alkanes) is 2. The molecule has 0 radical (unpaired) electrons. The molecule has 64 heavy (non-hydrogen) atoms. The molecular weight excluding hydrogens is 875 g/mol. The van der Waals surface area contributed by atoms with Gasteiger partial charge in [-0.25, -0.2) is 17.5 Å². The number of ether oxygens (including phenoxy) is 5. The van der Waals surface area contributed by atoms with Crippen molar-refractivity contribution in [3.63, 3.8) is 0 Å². The average molecular weight is 931 g/mol. The molecule has 348 valence electrons. The van der Waals surface area contributed by atoms with Gasteiger partial charge in [0, 0.05) is 58.1 Å². The number of hydrogen-bond donors (Lipinski definition) is 1. The van der Waals surface area contributed by atoms with E-state index in [0.29, 0.717) is 47.4 Å². The van der Waals surface area contributed by atoms with Crippen molar-refractivity contribution >= 4 is 65.6 Å². The number of sulfonamides is 1. The van der Waals surface area contributed by atoms with E-state index in [4.69, 9.17) is 28.5 Å². The van der Waals surface area contributed by atoms with Crippen molar-refractivity contribution < 1.29 is 73.7 Å². The van der Waals surface area contributed by atoms with E-state index in [2.05, 4.69) is 0 Å². The molecule has 1 saturated heterocycles. The fourth-order valence-electron chi connectivity index (χ4n) is 6.96. The number of aryl methyl sites for hydroxylation is 2. The number of methoxy groups -OCH3 is 1. The highest BCUT2D eigenvalue weighted by atomic mass is 32.2. The van der Waals surface area contributed by atoms with E-state index in [-0.39, 0.29) is 106 Å². The zero-order chi connectivity index (χ0) is 46.3. The molecule has 0 atom stereocenters. The van der Waals surface area contributed by atoms with Crippen LogP contribution in [0.1, 0.15) is 74.2 Å². The van der Waals surface area contributed by atoms with Gasteiger partial charge in [-0.3, -0.25) is 18.9 Å². The molecule has 20 heteroatoms. The molecule has 4 aromatic rings. The Morgan fingerprint density at radius 2 is 1.33 bits per heavy atom. The summed E-state index contributed by atoms with van der Waals surface area (Å²) in [6.07, 6.45) is 1.12. The fraction of sp³-hybridized carbons (Fsp3) is 0.477. The summed E-state index contributed by atoms with van der Waals surface area (Å²) in [4.78, 5) is 56.6. The van der Waals surface area contributed by atoms with Crippen molar-refractivity contribution in [1.82, 2.24) is 9.37 Å². The molecule has 0 aliphatic carbocycles. The molecule has 1 aromatic heterocycles. The lowest BCUT2D eigenvalue weighted by Gasteiger charge is -2.24. The molecule has 3 aromatic carbocycles. The van der Waals surface area contributed by atoms with Crippen LogP contribution < -0.4 is 14.0 Å². The molecule has 18 nitrogen and oxygen atoms in total. The number of benzene rings is 3. The second-order valence-corrected chi connectivity index (χ2v) is 18.4.